The van der Waals surface area contributed by atoms with Crippen molar-refractivity contribution in [3.63, 3.8) is 0 Å². The molecule has 0 heterocycles. The molecule has 24 heavy (non-hydrogen) atoms. The van der Waals surface area contributed by atoms with Gasteiger partial charge in [0.2, 0.25) is 5.91 Å². The van der Waals surface area contributed by atoms with Crippen molar-refractivity contribution >= 4 is 33.6 Å². The van der Waals surface area contributed by atoms with E-state index in [2.05, 4.69) is 26.6 Å². The van der Waals surface area contributed by atoms with Gasteiger partial charge in [-0.3, -0.25) is 15.0 Å². The number of nitrogens with one attached hydrogen (secondary N) is 2. The first-order chi connectivity index (χ1) is 11.4. The molecular formula is C17H17BrFN3O2. The number of imide groups is 1. The molecule has 0 fully saturated rings. The Bertz CT molecular complexity index is 725. The Kier molecular flexibility index (Phi) is 6.45. The predicted octanol–water partition coefficient (Wildman–Crippen LogP) is 3.37. The largest absolute Gasteiger partial charge is 0.325 e. The van der Waals surface area contributed by atoms with Crippen molar-refractivity contribution in [1.82, 2.24) is 10.2 Å². The lowest BCUT2D eigenvalue weighted by atomic mass is 10.2. The Morgan fingerprint density at radius 2 is 1.88 bits per heavy atom. The van der Waals surface area contributed by atoms with Crippen LogP contribution < -0.4 is 10.6 Å². The maximum Gasteiger partial charge on any atom is 0.325 e. The molecule has 2 N–H and O–H groups in total. The van der Waals surface area contributed by atoms with Gasteiger partial charge in [-0.2, -0.15) is 0 Å². The van der Waals surface area contributed by atoms with Crippen molar-refractivity contribution in [3.8, 4) is 0 Å². The molecule has 0 aliphatic heterocycles. The Morgan fingerprint density at radius 3 is 2.58 bits per heavy atom. The highest BCUT2D eigenvalue weighted by molar-refractivity contribution is 9.10. The highest BCUT2D eigenvalue weighted by Crippen LogP contribution is 2.16. The molecule has 0 unspecified atom stereocenters. The van der Waals surface area contributed by atoms with Crippen molar-refractivity contribution < 1.29 is 14.0 Å². The number of benzene rings is 2. The molecule has 0 spiro atoms. The van der Waals surface area contributed by atoms with Gasteiger partial charge in [-0.1, -0.05) is 34.1 Å². The summed E-state index contributed by atoms with van der Waals surface area (Å²) in [4.78, 5) is 25.2. The minimum atomic E-state index is -0.603. The van der Waals surface area contributed by atoms with E-state index in [-0.39, 0.29) is 18.9 Å². The molecule has 2 aromatic rings. The summed E-state index contributed by atoms with van der Waals surface area (Å²) in [6, 6.07) is 12.8. The third-order valence-corrected chi connectivity index (χ3v) is 3.64. The number of rotatable bonds is 5. The van der Waals surface area contributed by atoms with Crippen LogP contribution in [-0.4, -0.2) is 30.4 Å². The number of para-hydroxylation sites is 1. The molecule has 2 rings (SSSR count). The van der Waals surface area contributed by atoms with E-state index in [1.807, 2.05) is 6.07 Å². The molecule has 0 saturated heterocycles. The fourth-order valence-corrected chi connectivity index (χ4v) is 2.51. The van der Waals surface area contributed by atoms with Crippen LogP contribution in [0.4, 0.5) is 14.9 Å². The number of amides is 3. The molecule has 0 radical (unpaired) electrons. The fourth-order valence-electron chi connectivity index (χ4n) is 2.11. The summed E-state index contributed by atoms with van der Waals surface area (Å²) >= 11 is 3.28. The zero-order valence-electron chi connectivity index (χ0n) is 13.1. The van der Waals surface area contributed by atoms with Crippen LogP contribution >= 0.6 is 15.9 Å². The second-order valence-electron chi connectivity index (χ2n) is 5.28. The molecule has 0 bridgehead atoms. The first-order valence-electron chi connectivity index (χ1n) is 7.22. The van der Waals surface area contributed by atoms with Crippen molar-refractivity contribution in [2.45, 2.75) is 6.54 Å². The summed E-state index contributed by atoms with van der Waals surface area (Å²) in [5, 5.41) is 4.79. The molecule has 7 heteroatoms. The Labute approximate surface area is 148 Å². The molecule has 0 saturated carbocycles. The van der Waals surface area contributed by atoms with Gasteiger partial charge >= 0.3 is 6.03 Å². The summed E-state index contributed by atoms with van der Waals surface area (Å²) in [7, 11) is 1.68. The molecule has 5 nitrogen and oxygen atoms in total. The van der Waals surface area contributed by atoms with E-state index in [1.54, 1.807) is 48.3 Å². The van der Waals surface area contributed by atoms with Gasteiger partial charge in [0.25, 0.3) is 0 Å². The second kappa shape index (κ2) is 8.56. The first-order valence-corrected chi connectivity index (χ1v) is 8.01. The van der Waals surface area contributed by atoms with Crippen molar-refractivity contribution in [2.75, 3.05) is 18.9 Å². The van der Waals surface area contributed by atoms with Crippen LogP contribution in [0.2, 0.25) is 0 Å². The van der Waals surface area contributed by atoms with Crippen LogP contribution in [0.15, 0.2) is 53.0 Å². The van der Waals surface area contributed by atoms with Gasteiger partial charge in [-0.15, -0.1) is 0 Å². The van der Waals surface area contributed by atoms with E-state index in [0.717, 1.165) is 4.47 Å². The number of hydrogen-bond acceptors (Lipinski definition) is 3. The third-order valence-electron chi connectivity index (χ3n) is 3.15. The number of urea groups is 1. The second-order valence-corrected chi connectivity index (χ2v) is 6.19. The quantitative estimate of drug-likeness (QED) is 0.818. The molecule has 126 valence electrons. The number of anilines is 1. The monoisotopic (exact) mass is 393 g/mol. The van der Waals surface area contributed by atoms with Crippen LogP contribution in [0.5, 0.6) is 0 Å². The average molecular weight is 394 g/mol. The maximum absolute atomic E-state index is 13.7. The lowest BCUT2D eigenvalue weighted by molar-refractivity contribution is -0.120. The van der Waals surface area contributed by atoms with E-state index < -0.39 is 11.9 Å². The first kappa shape index (κ1) is 18.1. The highest BCUT2D eigenvalue weighted by Gasteiger charge is 2.12. The number of halogens is 2. The van der Waals surface area contributed by atoms with Gasteiger partial charge in [0, 0.05) is 22.3 Å². The van der Waals surface area contributed by atoms with E-state index in [1.165, 1.54) is 6.07 Å². The van der Waals surface area contributed by atoms with Gasteiger partial charge in [0.05, 0.1) is 6.54 Å². The average Bonchev–Trinajstić information content (AvgIpc) is 2.51. The normalized spacial score (nSPS) is 10.5. The smallest absolute Gasteiger partial charge is 0.308 e. The summed E-state index contributed by atoms with van der Waals surface area (Å²) < 4.78 is 14.5. The third kappa shape index (κ3) is 5.75. The standard InChI is InChI=1S/C17H17BrFN3O2/c1-22(10-12-9-13(18)7-8-15(12)19)11-16(23)21-17(24)20-14-5-3-2-4-6-14/h2-9H,10-11H2,1H3,(H2,20,21,23,24). The fraction of sp³-hybridized carbons (Fsp3) is 0.176. The van der Waals surface area contributed by atoms with Gasteiger partial charge in [0.15, 0.2) is 0 Å². The molecule has 0 aliphatic carbocycles. The lowest BCUT2D eigenvalue weighted by Gasteiger charge is -2.16. The number of hydrogen-bond donors (Lipinski definition) is 2. The minimum absolute atomic E-state index is 0.0336. The van der Waals surface area contributed by atoms with Crippen LogP contribution in [0, 0.1) is 5.82 Å². The van der Waals surface area contributed by atoms with Crippen molar-refractivity contribution in [2.24, 2.45) is 0 Å². The van der Waals surface area contributed by atoms with Crippen molar-refractivity contribution in [1.29, 1.82) is 0 Å². The molecule has 3 amide bonds. The number of carbonyl (C=O) groups is 2. The molecule has 0 aromatic heterocycles. The van der Waals surface area contributed by atoms with Gasteiger partial charge in [-0.05, 0) is 37.4 Å². The van der Waals surface area contributed by atoms with Crippen molar-refractivity contribution in [3.05, 3.63) is 64.4 Å². The summed E-state index contributed by atoms with van der Waals surface area (Å²) in [5.74, 6) is -0.811. The molecular weight excluding hydrogens is 377 g/mol. The van der Waals surface area contributed by atoms with Crippen LogP contribution in [0.25, 0.3) is 0 Å². The summed E-state index contributed by atoms with van der Waals surface area (Å²) in [5.41, 5.74) is 1.06. The molecule has 0 atom stereocenters. The Balaban J connectivity index is 1.83. The van der Waals surface area contributed by atoms with Gasteiger partial charge < -0.3 is 5.32 Å². The van der Waals surface area contributed by atoms with Gasteiger partial charge in [0.1, 0.15) is 5.82 Å². The van der Waals surface area contributed by atoms with E-state index in [4.69, 9.17) is 0 Å². The predicted molar refractivity (Wildman–Crippen MR) is 94.0 cm³/mol. The van der Waals surface area contributed by atoms with E-state index in [0.29, 0.717) is 11.3 Å². The van der Waals surface area contributed by atoms with Crippen LogP contribution in [0.3, 0.4) is 0 Å². The number of carbonyl (C=O) groups excluding carboxylic acids is 2. The number of likely N-dealkylation sites (N-methyl/N-ethyl adjacent to an activating group) is 1. The summed E-state index contributed by atoms with van der Waals surface area (Å²) in [6.45, 7) is 0.215. The van der Waals surface area contributed by atoms with E-state index >= 15 is 0 Å². The zero-order chi connectivity index (χ0) is 17.5. The molecule has 2 aromatic carbocycles. The highest BCUT2D eigenvalue weighted by atomic mass is 79.9. The van der Waals surface area contributed by atoms with Crippen LogP contribution in [0.1, 0.15) is 5.56 Å². The molecule has 0 aliphatic rings. The number of nitrogens with zero attached hydrogens (tertiary/aromatic N) is 1. The minimum Gasteiger partial charge on any atom is -0.308 e. The summed E-state index contributed by atoms with van der Waals surface area (Å²) in [6.07, 6.45) is 0. The topological polar surface area (TPSA) is 61.4 Å². The zero-order valence-corrected chi connectivity index (χ0v) is 14.6. The van der Waals surface area contributed by atoms with Crippen LogP contribution in [-0.2, 0) is 11.3 Å². The lowest BCUT2D eigenvalue weighted by Crippen LogP contribution is -2.40. The maximum atomic E-state index is 13.7. The Morgan fingerprint density at radius 1 is 1.17 bits per heavy atom. The van der Waals surface area contributed by atoms with E-state index in [9.17, 15) is 14.0 Å². The van der Waals surface area contributed by atoms with Gasteiger partial charge in [-0.25, -0.2) is 9.18 Å². The SMILES string of the molecule is CN(CC(=O)NC(=O)Nc1ccccc1)Cc1cc(Br)ccc1F. The Hall–Kier alpha value is -2.25.